The van der Waals surface area contributed by atoms with Gasteiger partial charge in [0.05, 0.1) is 7.11 Å². The fourth-order valence-electron chi connectivity index (χ4n) is 4.01. The number of anilines is 1. The standard InChI is InChI=1S/C26H22F2N6O3/c1-37-22-4-2-3-21(29-22)33-14-13-32(15-24(33)36)23(35)16-34-26(18-7-11-20(28)12-8-18)30-25(31-34)17-5-9-19(27)10-6-17/h2-12H,13-16H2,1H3. The summed E-state index contributed by atoms with van der Waals surface area (Å²) < 4.78 is 33.5. The number of carbonyl (C=O) groups excluding carboxylic acids is 2. The monoisotopic (exact) mass is 504 g/mol. The first kappa shape index (κ1) is 24.0. The van der Waals surface area contributed by atoms with Crippen molar-refractivity contribution in [2.24, 2.45) is 0 Å². The number of pyridine rings is 1. The van der Waals surface area contributed by atoms with Gasteiger partial charge >= 0.3 is 0 Å². The molecule has 1 aliphatic heterocycles. The summed E-state index contributed by atoms with van der Waals surface area (Å²) in [7, 11) is 1.50. The summed E-state index contributed by atoms with van der Waals surface area (Å²) in [6, 6.07) is 16.5. The number of carbonyl (C=O) groups is 2. The molecule has 2 aromatic heterocycles. The van der Waals surface area contributed by atoms with E-state index in [0.29, 0.717) is 35.2 Å². The average Bonchev–Trinajstić information content (AvgIpc) is 3.33. The maximum Gasteiger partial charge on any atom is 0.247 e. The molecule has 0 atom stereocenters. The lowest BCUT2D eigenvalue weighted by Gasteiger charge is -2.33. The molecule has 2 aromatic carbocycles. The van der Waals surface area contributed by atoms with Crippen LogP contribution in [0.5, 0.6) is 5.88 Å². The van der Waals surface area contributed by atoms with Crippen molar-refractivity contribution in [3.05, 3.63) is 78.4 Å². The summed E-state index contributed by atoms with van der Waals surface area (Å²) in [5.41, 5.74) is 1.12. The van der Waals surface area contributed by atoms with Crippen LogP contribution in [0.15, 0.2) is 66.7 Å². The van der Waals surface area contributed by atoms with Crippen molar-refractivity contribution in [1.82, 2.24) is 24.6 Å². The Balaban J connectivity index is 1.37. The molecule has 1 fully saturated rings. The second kappa shape index (κ2) is 10.1. The molecule has 9 nitrogen and oxygen atoms in total. The van der Waals surface area contributed by atoms with Gasteiger partial charge in [0.25, 0.3) is 0 Å². The van der Waals surface area contributed by atoms with Crippen molar-refractivity contribution in [1.29, 1.82) is 0 Å². The summed E-state index contributed by atoms with van der Waals surface area (Å²) in [4.78, 5) is 37.8. The molecular weight excluding hydrogens is 482 g/mol. The van der Waals surface area contributed by atoms with E-state index >= 15 is 0 Å². The Bertz CT molecular complexity index is 1440. The van der Waals surface area contributed by atoms with Crippen LogP contribution < -0.4 is 9.64 Å². The molecule has 3 heterocycles. The zero-order valence-corrected chi connectivity index (χ0v) is 19.8. The van der Waals surface area contributed by atoms with E-state index in [1.165, 1.54) is 70.1 Å². The number of piperazine rings is 1. The Hall–Kier alpha value is -4.67. The number of nitrogens with zero attached hydrogens (tertiary/aromatic N) is 6. The van der Waals surface area contributed by atoms with Crippen molar-refractivity contribution in [3.8, 4) is 28.7 Å². The zero-order valence-electron chi connectivity index (χ0n) is 19.8. The van der Waals surface area contributed by atoms with E-state index in [1.54, 1.807) is 18.2 Å². The Kier molecular flexibility index (Phi) is 6.59. The van der Waals surface area contributed by atoms with E-state index in [2.05, 4.69) is 15.1 Å². The fraction of sp³-hybridized carbons (Fsp3) is 0.192. The highest BCUT2D eigenvalue weighted by Crippen LogP contribution is 2.24. The third-order valence-corrected chi connectivity index (χ3v) is 5.93. The highest BCUT2D eigenvalue weighted by Gasteiger charge is 2.29. The molecule has 0 aliphatic carbocycles. The number of aromatic nitrogens is 4. The van der Waals surface area contributed by atoms with Crippen molar-refractivity contribution in [2.45, 2.75) is 6.54 Å². The number of benzene rings is 2. The molecule has 0 bridgehead atoms. The lowest BCUT2D eigenvalue weighted by atomic mass is 10.2. The predicted molar refractivity (Wildman–Crippen MR) is 131 cm³/mol. The molecule has 188 valence electrons. The second-order valence-electron chi connectivity index (χ2n) is 8.33. The van der Waals surface area contributed by atoms with Crippen LogP contribution in [-0.4, -0.2) is 63.2 Å². The second-order valence-corrected chi connectivity index (χ2v) is 8.33. The van der Waals surface area contributed by atoms with E-state index in [1.807, 2.05) is 0 Å². The first-order chi connectivity index (χ1) is 17.9. The molecule has 0 radical (unpaired) electrons. The van der Waals surface area contributed by atoms with Crippen molar-refractivity contribution >= 4 is 17.6 Å². The average molecular weight is 504 g/mol. The lowest BCUT2D eigenvalue weighted by Crippen LogP contribution is -2.53. The molecule has 5 rings (SSSR count). The summed E-state index contributed by atoms with van der Waals surface area (Å²) >= 11 is 0. The van der Waals surface area contributed by atoms with Gasteiger partial charge in [-0.2, -0.15) is 4.98 Å². The summed E-state index contributed by atoms with van der Waals surface area (Å²) in [6.45, 7) is 0.261. The lowest BCUT2D eigenvalue weighted by molar-refractivity contribution is -0.137. The van der Waals surface area contributed by atoms with Crippen molar-refractivity contribution in [3.63, 3.8) is 0 Å². The normalized spacial score (nSPS) is 13.6. The number of ether oxygens (including phenoxy) is 1. The van der Waals surface area contributed by atoms with Gasteiger partial charge in [-0.1, -0.05) is 6.07 Å². The fourth-order valence-corrected chi connectivity index (χ4v) is 4.01. The number of rotatable bonds is 6. The van der Waals surface area contributed by atoms with Gasteiger partial charge in [-0.25, -0.2) is 18.4 Å². The van der Waals surface area contributed by atoms with Crippen LogP contribution >= 0.6 is 0 Å². The number of hydrogen-bond donors (Lipinski definition) is 0. The van der Waals surface area contributed by atoms with Crippen LogP contribution in [0, 0.1) is 11.6 Å². The third-order valence-electron chi connectivity index (χ3n) is 5.93. The molecule has 0 saturated carbocycles. The topological polar surface area (TPSA) is 93.5 Å². The molecule has 1 saturated heterocycles. The largest absolute Gasteiger partial charge is 0.481 e. The highest BCUT2D eigenvalue weighted by atomic mass is 19.1. The van der Waals surface area contributed by atoms with E-state index < -0.39 is 11.6 Å². The molecule has 2 amide bonds. The summed E-state index contributed by atoms with van der Waals surface area (Å²) in [5.74, 6) is 0.0673. The van der Waals surface area contributed by atoms with Crippen LogP contribution in [0.3, 0.4) is 0 Å². The molecule has 0 spiro atoms. The molecular formula is C26H22F2N6O3. The van der Waals surface area contributed by atoms with Crippen molar-refractivity contribution in [2.75, 3.05) is 31.6 Å². The number of hydrogen-bond acceptors (Lipinski definition) is 6. The summed E-state index contributed by atoms with van der Waals surface area (Å²) in [6.07, 6.45) is 0. The van der Waals surface area contributed by atoms with E-state index in [-0.39, 0.29) is 37.3 Å². The third kappa shape index (κ3) is 5.15. The van der Waals surface area contributed by atoms with Crippen LogP contribution in [-0.2, 0) is 16.1 Å². The molecule has 1 aliphatic rings. The Morgan fingerprint density at radius 1 is 0.919 bits per heavy atom. The van der Waals surface area contributed by atoms with Gasteiger partial charge in [-0.3, -0.25) is 14.5 Å². The van der Waals surface area contributed by atoms with Gasteiger partial charge in [0.15, 0.2) is 11.6 Å². The number of methoxy groups -OCH3 is 1. The minimum absolute atomic E-state index is 0.122. The first-order valence-corrected chi connectivity index (χ1v) is 11.5. The van der Waals surface area contributed by atoms with Crippen LogP contribution in [0.1, 0.15) is 0 Å². The molecule has 0 unspecified atom stereocenters. The minimum Gasteiger partial charge on any atom is -0.481 e. The van der Waals surface area contributed by atoms with E-state index in [9.17, 15) is 18.4 Å². The van der Waals surface area contributed by atoms with Gasteiger partial charge in [0, 0.05) is 30.3 Å². The number of halogens is 2. The van der Waals surface area contributed by atoms with Gasteiger partial charge in [-0.05, 0) is 54.6 Å². The smallest absolute Gasteiger partial charge is 0.247 e. The number of amides is 2. The van der Waals surface area contributed by atoms with Crippen LogP contribution in [0.2, 0.25) is 0 Å². The minimum atomic E-state index is -0.411. The zero-order chi connectivity index (χ0) is 25.9. The van der Waals surface area contributed by atoms with E-state index in [0.717, 1.165) is 0 Å². The van der Waals surface area contributed by atoms with Crippen LogP contribution in [0.4, 0.5) is 14.6 Å². The quantitative estimate of drug-likeness (QED) is 0.401. The molecule has 4 aromatic rings. The molecule has 11 heteroatoms. The SMILES string of the molecule is COc1cccc(N2CCN(C(=O)Cn3nc(-c4ccc(F)cc4)nc3-c3ccc(F)cc3)CC2=O)n1. The van der Waals surface area contributed by atoms with Gasteiger partial charge in [0.2, 0.25) is 17.7 Å². The molecule has 37 heavy (non-hydrogen) atoms. The Morgan fingerprint density at radius 3 is 2.24 bits per heavy atom. The Morgan fingerprint density at radius 2 is 1.59 bits per heavy atom. The maximum absolute atomic E-state index is 13.5. The summed E-state index contributed by atoms with van der Waals surface area (Å²) in [5, 5.41) is 4.47. The van der Waals surface area contributed by atoms with E-state index in [4.69, 9.17) is 4.74 Å². The van der Waals surface area contributed by atoms with Gasteiger partial charge in [0.1, 0.15) is 30.5 Å². The van der Waals surface area contributed by atoms with Crippen LogP contribution in [0.25, 0.3) is 22.8 Å². The Labute approximate surface area is 210 Å². The molecule has 0 N–H and O–H groups in total. The predicted octanol–water partition coefficient (Wildman–Crippen LogP) is 3.17. The first-order valence-electron chi connectivity index (χ1n) is 11.5. The van der Waals surface area contributed by atoms with Gasteiger partial charge < -0.3 is 9.64 Å². The highest BCUT2D eigenvalue weighted by molar-refractivity contribution is 5.97. The maximum atomic E-state index is 13.5. The van der Waals surface area contributed by atoms with Crippen molar-refractivity contribution < 1.29 is 23.1 Å². The van der Waals surface area contributed by atoms with Gasteiger partial charge in [-0.15, -0.1) is 5.10 Å².